The number of likely N-dealkylation sites (N-methyl/N-ethyl adjacent to an activating group) is 1. The van der Waals surface area contributed by atoms with Gasteiger partial charge in [0, 0.05) is 36.6 Å². The van der Waals surface area contributed by atoms with E-state index >= 15 is 0 Å². The smallest absolute Gasteiger partial charge is 0.248 e. The third-order valence-corrected chi connectivity index (χ3v) is 6.69. The number of carbonyl (C=O) groups is 1. The summed E-state index contributed by atoms with van der Waals surface area (Å²) >= 11 is 1.50. The first-order valence-corrected chi connectivity index (χ1v) is 11.8. The number of benzene rings is 2. The lowest BCUT2D eigenvalue weighted by atomic mass is 9.61. The summed E-state index contributed by atoms with van der Waals surface area (Å²) in [5.41, 5.74) is 6.90. The fourth-order valence-electron chi connectivity index (χ4n) is 3.60. The number of amides is 1. The minimum absolute atomic E-state index is 0.444. The van der Waals surface area contributed by atoms with Gasteiger partial charge in [0.1, 0.15) is 0 Å². The molecule has 0 aliphatic carbocycles. The van der Waals surface area contributed by atoms with Gasteiger partial charge in [-0.3, -0.25) is 4.79 Å². The molecule has 2 aromatic carbocycles. The molecule has 0 radical (unpaired) electrons. The molecule has 3 aromatic rings. The van der Waals surface area contributed by atoms with Gasteiger partial charge in [0.05, 0.1) is 16.5 Å². The molecule has 0 saturated carbocycles. The number of nitrogens with zero attached hydrogens (tertiary/aromatic N) is 4. The van der Waals surface area contributed by atoms with E-state index in [1.165, 1.54) is 11.8 Å². The Labute approximate surface area is 200 Å². The summed E-state index contributed by atoms with van der Waals surface area (Å²) in [6.45, 7) is 3.69. The Balaban J connectivity index is 1.65. The molecule has 0 atom stereocenters. The van der Waals surface area contributed by atoms with Crippen LogP contribution in [-0.2, 0) is 5.40 Å². The number of nitrogens with two attached hydrogens (primary N) is 1. The molecule has 2 N–H and O–H groups in total. The average Bonchev–Trinajstić information content (AvgIpc) is 2.81. The Morgan fingerprint density at radius 1 is 1.06 bits per heavy atom. The van der Waals surface area contributed by atoms with E-state index in [1.54, 1.807) is 12.1 Å². The Morgan fingerprint density at radius 2 is 1.73 bits per heavy atom. The maximum Gasteiger partial charge on any atom is 0.248 e. The van der Waals surface area contributed by atoms with Gasteiger partial charge in [-0.25, -0.2) is 4.98 Å². The van der Waals surface area contributed by atoms with Gasteiger partial charge in [0.2, 0.25) is 17.7 Å². The minimum Gasteiger partial charge on any atom is -0.485 e. The number of anilines is 1. The number of carbonyl (C=O) groups excluding carboxylic acids is 1. The van der Waals surface area contributed by atoms with Crippen LogP contribution in [0.3, 0.4) is 0 Å². The van der Waals surface area contributed by atoms with E-state index in [2.05, 4.69) is 34.0 Å². The fourth-order valence-corrected chi connectivity index (χ4v) is 4.41. The lowest BCUT2D eigenvalue weighted by Gasteiger charge is -2.33. The summed E-state index contributed by atoms with van der Waals surface area (Å²) < 4.78 is 6.52. The van der Waals surface area contributed by atoms with Crippen molar-refractivity contribution in [1.29, 1.82) is 0 Å². The predicted octanol–water partition coefficient (Wildman–Crippen LogP) is 0.934. The molecule has 1 aromatic heterocycles. The van der Waals surface area contributed by atoms with E-state index in [9.17, 15) is 4.79 Å². The standard InChI is InChI=1S/C23H27B2N5O2S/c1-29-11-13-30(14-12-29)22-27-15-19(33-18-9-7-16(8-10-18)20(26)31)21(28-22)32-23(24,25)17-5-3-2-4-6-17/h2-10,15H,11-14,24-25H2,1H3,(H2,26,31). The normalized spacial score (nSPS) is 14.8. The zero-order valence-corrected chi connectivity index (χ0v) is 20.0. The quantitative estimate of drug-likeness (QED) is 0.527. The van der Waals surface area contributed by atoms with E-state index in [0.29, 0.717) is 17.4 Å². The van der Waals surface area contributed by atoms with Crippen molar-refractivity contribution < 1.29 is 9.53 Å². The molecule has 1 saturated heterocycles. The van der Waals surface area contributed by atoms with Crippen LogP contribution in [0.25, 0.3) is 0 Å². The van der Waals surface area contributed by atoms with Crippen LogP contribution < -0.4 is 15.4 Å². The highest BCUT2D eigenvalue weighted by Crippen LogP contribution is 2.36. The van der Waals surface area contributed by atoms with Gasteiger partial charge in [-0.1, -0.05) is 42.1 Å². The minimum atomic E-state index is -0.583. The van der Waals surface area contributed by atoms with E-state index < -0.39 is 11.3 Å². The van der Waals surface area contributed by atoms with Crippen molar-refractivity contribution >= 4 is 39.3 Å². The van der Waals surface area contributed by atoms with Crippen molar-refractivity contribution in [1.82, 2.24) is 14.9 Å². The summed E-state index contributed by atoms with van der Waals surface area (Å²) in [5.74, 6) is 0.771. The molecular weight excluding hydrogens is 432 g/mol. The zero-order valence-electron chi connectivity index (χ0n) is 19.2. The SMILES string of the molecule is BC(B)(Oc1nc(N2CCN(C)CC2)ncc1Sc1ccc(C(N)=O)cc1)c1ccccc1. The zero-order chi connectivity index (χ0) is 23.4. The van der Waals surface area contributed by atoms with Crippen LogP contribution in [-0.4, -0.2) is 69.7 Å². The molecule has 4 rings (SSSR count). The maximum atomic E-state index is 11.4. The molecular formula is C23H27B2N5O2S. The molecule has 1 aliphatic rings. The summed E-state index contributed by atoms with van der Waals surface area (Å²) in [6, 6.07) is 17.3. The van der Waals surface area contributed by atoms with Gasteiger partial charge in [0.25, 0.3) is 0 Å². The summed E-state index contributed by atoms with van der Waals surface area (Å²) in [7, 11) is 6.20. The monoisotopic (exact) mass is 459 g/mol. The number of piperazine rings is 1. The Kier molecular flexibility index (Phi) is 6.95. The van der Waals surface area contributed by atoms with Gasteiger partial charge < -0.3 is 20.3 Å². The van der Waals surface area contributed by atoms with Crippen molar-refractivity contribution in [3.63, 3.8) is 0 Å². The van der Waals surface area contributed by atoms with Gasteiger partial charge in [0.15, 0.2) is 15.7 Å². The average molecular weight is 459 g/mol. The topological polar surface area (TPSA) is 84.6 Å². The highest BCUT2D eigenvalue weighted by atomic mass is 32.2. The molecule has 168 valence electrons. The van der Waals surface area contributed by atoms with Crippen molar-refractivity contribution in [2.24, 2.45) is 5.73 Å². The van der Waals surface area contributed by atoms with Crippen LogP contribution >= 0.6 is 11.8 Å². The number of hydrogen-bond acceptors (Lipinski definition) is 7. The summed E-state index contributed by atoms with van der Waals surface area (Å²) in [6.07, 6.45) is 1.82. The summed E-state index contributed by atoms with van der Waals surface area (Å²) in [4.78, 5) is 27.1. The van der Waals surface area contributed by atoms with E-state index in [1.807, 2.05) is 52.2 Å². The van der Waals surface area contributed by atoms with Crippen LogP contribution in [0, 0.1) is 0 Å². The lowest BCUT2D eigenvalue weighted by Crippen LogP contribution is -2.45. The molecule has 1 aliphatic heterocycles. The highest BCUT2D eigenvalue weighted by Gasteiger charge is 2.26. The Bertz CT molecular complexity index is 1110. The van der Waals surface area contributed by atoms with E-state index in [4.69, 9.17) is 15.5 Å². The largest absolute Gasteiger partial charge is 0.485 e. The van der Waals surface area contributed by atoms with Crippen LogP contribution in [0.15, 0.2) is 70.6 Å². The maximum absolute atomic E-state index is 11.4. The molecule has 7 nitrogen and oxygen atoms in total. The van der Waals surface area contributed by atoms with Gasteiger partial charge >= 0.3 is 0 Å². The number of hydrogen-bond donors (Lipinski definition) is 1. The Hall–Kier alpha value is -2.97. The molecule has 33 heavy (non-hydrogen) atoms. The van der Waals surface area contributed by atoms with Crippen LogP contribution in [0.2, 0.25) is 0 Å². The number of ether oxygens (including phenoxy) is 1. The first kappa shape index (κ1) is 23.2. The van der Waals surface area contributed by atoms with Crippen LogP contribution in [0.1, 0.15) is 15.9 Å². The second-order valence-electron chi connectivity index (χ2n) is 8.60. The molecule has 1 fully saturated rings. The number of aromatic nitrogens is 2. The number of primary amides is 1. The van der Waals surface area contributed by atoms with Crippen LogP contribution in [0.5, 0.6) is 5.88 Å². The molecule has 2 heterocycles. The molecule has 0 bridgehead atoms. The first-order valence-electron chi connectivity index (χ1n) is 10.9. The molecule has 0 unspecified atom stereocenters. The third-order valence-electron chi connectivity index (χ3n) is 5.68. The summed E-state index contributed by atoms with van der Waals surface area (Å²) in [5, 5.41) is -0.583. The molecule has 0 spiro atoms. The highest BCUT2D eigenvalue weighted by molar-refractivity contribution is 7.99. The van der Waals surface area contributed by atoms with Crippen molar-refractivity contribution in [3.8, 4) is 5.88 Å². The molecule has 10 heteroatoms. The third kappa shape index (κ3) is 5.69. The molecule has 1 amide bonds. The second kappa shape index (κ2) is 9.89. The van der Waals surface area contributed by atoms with Gasteiger partial charge in [-0.05, 0) is 36.9 Å². The van der Waals surface area contributed by atoms with Crippen molar-refractivity contribution in [2.45, 2.75) is 15.2 Å². The number of rotatable bonds is 7. The first-order chi connectivity index (χ1) is 15.8. The lowest BCUT2D eigenvalue weighted by molar-refractivity contribution is 0.1000. The predicted molar refractivity (Wildman–Crippen MR) is 137 cm³/mol. The van der Waals surface area contributed by atoms with Crippen LogP contribution in [0.4, 0.5) is 5.95 Å². The van der Waals surface area contributed by atoms with E-state index in [-0.39, 0.29) is 0 Å². The van der Waals surface area contributed by atoms with Crippen molar-refractivity contribution in [3.05, 3.63) is 71.9 Å². The van der Waals surface area contributed by atoms with Gasteiger partial charge in [-0.2, -0.15) is 4.98 Å². The van der Waals surface area contributed by atoms with Gasteiger partial charge in [-0.15, -0.1) is 0 Å². The Morgan fingerprint density at radius 3 is 2.36 bits per heavy atom. The fraction of sp³-hybridized carbons (Fsp3) is 0.261. The van der Waals surface area contributed by atoms with Crippen molar-refractivity contribution in [2.75, 3.05) is 38.1 Å². The second-order valence-corrected chi connectivity index (χ2v) is 9.71. The van der Waals surface area contributed by atoms with E-state index in [0.717, 1.165) is 41.5 Å².